The van der Waals surface area contributed by atoms with Crippen molar-refractivity contribution in [2.75, 3.05) is 0 Å². The quantitative estimate of drug-likeness (QED) is 0.824. The monoisotopic (exact) mass is 291 g/mol. The molecule has 3 nitrogen and oxygen atoms in total. The van der Waals surface area contributed by atoms with Crippen molar-refractivity contribution in [3.63, 3.8) is 0 Å². The van der Waals surface area contributed by atoms with Gasteiger partial charge in [0.15, 0.2) is 0 Å². The normalized spacial score (nSPS) is 12.5. The number of benzene rings is 1. The van der Waals surface area contributed by atoms with Crippen molar-refractivity contribution in [2.24, 2.45) is 5.73 Å². The van der Waals surface area contributed by atoms with E-state index in [1.807, 2.05) is 24.3 Å². The van der Waals surface area contributed by atoms with Crippen molar-refractivity contribution in [2.45, 2.75) is 12.5 Å². The molecule has 3 N–H and O–H groups in total. The maximum absolute atomic E-state index is 10.5. The smallest absolute Gasteiger partial charge is 0.320 e. The van der Waals surface area contributed by atoms with Crippen LogP contribution in [0.25, 0.3) is 0 Å². The highest BCUT2D eigenvalue weighted by atomic mass is 127. The molecule has 1 atom stereocenters. The summed E-state index contributed by atoms with van der Waals surface area (Å²) in [6.07, 6.45) is 0.381. The molecule has 0 aromatic heterocycles. The van der Waals surface area contributed by atoms with Crippen molar-refractivity contribution < 1.29 is 9.90 Å². The lowest BCUT2D eigenvalue weighted by Gasteiger charge is -2.05. The number of hydrogen-bond acceptors (Lipinski definition) is 2. The predicted octanol–water partition coefficient (Wildman–Crippen LogP) is 1.25. The topological polar surface area (TPSA) is 63.3 Å². The summed E-state index contributed by atoms with van der Waals surface area (Å²) in [5, 5.41) is 8.59. The lowest BCUT2D eigenvalue weighted by Crippen LogP contribution is -2.32. The predicted molar refractivity (Wildman–Crippen MR) is 58.5 cm³/mol. The first kappa shape index (κ1) is 10.5. The summed E-state index contributed by atoms with van der Waals surface area (Å²) in [5.41, 5.74) is 6.36. The zero-order chi connectivity index (χ0) is 9.84. The highest BCUT2D eigenvalue weighted by Gasteiger charge is 2.11. The van der Waals surface area contributed by atoms with Crippen molar-refractivity contribution in [3.05, 3.63) is 33.4 Å². The van der Waals surface area contributed by atoms with Gasteiger partial charge in [-0.2, -0.15) is 0 Å². The summed E-state index contributed by atoms with van der Waals surface area (Å²) >= 11 is 2.18. The second-order valence-electron chi connectivity index (χ2n) is 2.78. The molecule has 0 unspecified atom stereocenters. The molecule has 0 saturated heterocycles. The Balaban J connectivity index is 2.69. The van der Waals surface area contributed by atoms with Gasteiger partial charge in [0.1, 0.15) is 6.04 Å². The zero-order valence-corrected chi connectivity index (χ0v) is 9.06. The van der Waals surface area contributed by atoms with Crippen LogP contribution in [0.15, 0.2) is 24.3 Å². The first-order valence-electron chi connectivity index (χ1n) is 3.82. The van der Waals surface area contributed by atoms with Gasteiger partial charge in [-0.05, 0) is 46.7 Å². The number of aliphatic carboxylic acids is 1. The molecule has 70 valence electrons. The van der Waals surface area contributed by atoms with Gasteiger partial charge in [0.05, 0.1) is 0 Å². The Morgan fingerprint density at radius 1 is 1.62 bits per heavy atom. The molecule has 1 aromatic rings. The number of hydrogen-bond donors (Lipinski definition) is 2. The average Bonchev–Trinajstić information content (AvgIpc) is 2.04. The van der Waals surface area contributed by atoms with E-state index in [1.165, 1.54) is 0 Å². The van der Waals surface area contributed by atoms with E-state index >= 15 is 0 Å². The Labute approximate surface area is 90.1 Å². The highest BCUT2D eigenvalue weighted by Crippen LogP contribution is 2.09. The number of halogens is 1. The molecular weight excluding hydrogens is 281 g/mol. The third kappa shape index (κ3) is 3.31. The van der Waals surface area contributed by atoms with Crippen molar-refractivity contribution in [3.8, 4) is 0 Å². The van der Waals surface area contributed by atoms with Crippen LogP contribution < -0.4 is 5.73 Å². The summed E-state index contributed by atoms with van der Waals surface area (Å²) < 4.78 is 1.09. The van der Waals surface area contributed by atoms with Crippen LogP contribution in [0.5, 0.6) is 0 Å². The second kappa shape index (κ2) is 4.57. The van der Waals surface area contributed by atoms with Gasteiger partial charge in [-0.15, -0.1) is 0 Å². The standard InChI is InChI=1S/C9H10INO2/c10-7-3-1-2-6(4-7)5-8(11)9(12)13/h1-4,8H,5,11H2,(H,12,13)/t8-/m1/s1. The van der Waals surface area contributed by atoms with E-state index < -0.39 is 12.0 Å². The van der Waals surface area contributed by atoms with Crippen LogP contribution in [0.2, 0.25) is 0 Å². The van der Waals surface area contributed by atoms with Crippen molar-refractivity contribution in [1.29, 1.82) is 0 Å². The summed E-state index contributed by atoms with van der Waals surface area (Å²) in [7, 11) is 0. The van der Waals surface area contributed by atoms with Gasteiger partial charge in [0, 0.05) is 3.57 Å². The molecule has 13 heavy (non-hydrogen) atoms. The van der Waals surface area contributed by atoms with Crippen LogP contribution in [0, 0.1) is 3.57 Å². The van der Waals surface area contributed by atoms with E-state index in [4.69, 9.17) is 10.8 Å². The molecule has 0 aliphatic carbocycles. The fourth-order valence-corrected chi connectivity index (χ4v) is 1.61. The lowest BCUT2D eigenvalue weighted by atomic mass is 10.1. The van der Waals surface area contributed by atoms with Gasteiger partial charge in [0.25, 0.3) is 0 Å². The molecular formula is C9H10INO2. The summed E-state index contributed by atoms with van der Waals surface area (Å²) in [4.78, 5) is 10.5. The van der Waals surface area contributed by atoms with Gasteiger partial charge in [-0.1, -0.05) is 12.1 Å². The molecule has 4 heteroatoms. The van der Waals surface area contributed by atoms with Crippen LogP contribution in [0.4, 0.5) is 0 Å². The number of carboxylic acid groups (broad SMARTS) is 1. The zero-order valence-electron chi connectivity index (χ0n) is 6.90. The average molecular weight is 291 g/mol. The minimum atomic E-state index is -0.959. The van der Waals surface area contributed by atoms with Crippen LogP contribution in [0.3, 0.4) is 0 Å². The van der Waals surface area contributed by atoms with E-state index in [0.717, 1.165) is 9.13 Å². The van der Waals surface area contributed by atoms with Crippen molar-refractivity contribution >= 4 is 28.6 Å². The van der Waals surface area contributed by atoms with E-state index in [-0.39, 0.29) is 0 Å². The molecule has 0 aliphatic rings. The molecule has 0 fully saturated rings. The summed E-state index contributed by atoms with van der Waals surface area (Å²) in [5.74, 6) is -0.959. The van der Waals surface area contributed by atoms with Gasteiger partial charge < -0.3 is 10.8 Å². The van der Waals surface area contributed by atoms with E-state index in [9.17, 15) is 4.79 Å². The second-order valence-corrected chi connectivity index (χ2v) is 4.02. The Morgan fingerprint density at radius 3 is 2.85 bits per heavy atom. The highest BCUT2D eigenvalue weighted by molar-refractivity contribution is 14.1. The van der Waals surface area contributed by atoms with Crippen molar-refractivity contribution in [1.82, 2.24) is 0 Å². The van der Waals surface area contributed by atoms with E-state index in [1.54, 1.807) is 0 Å². The van der Waals surface area contributed by atoms with Crippen LogP contribution in [-0.4, -0.2) is 17.1 Å². The SMILES string of the molecule is N[C@H](Cc1cccc(I)c1)C(=O)O. The largest absolute Gasteiger partial charge is 0.480 e. The van der Waals surface area contributed by atoms with Gasteiger partial charge in [-0.3, -0.25) is 4.79 Å². The maximum atomic E-state index is 10.5. The summed E-state index contributed by atoms with van der Waals surface area (Å²) in [6, 6.07) is 6.86. The third-order valence-electron chi connectivity index (χ3n) is 1.66. The minimum absolute atomic E-state index is 0.381. The van der Waals surface area contributed by atoms with E-state index in [0.29, 0.717) is 6.42 Å². The van der Waals surface area contributed by atoms with Gasteiger partial charge in [0.2, 0.25) is 0 Å². The van der Waals surface area contributed by atoms with E-state index in [2.05, 4.69) is 22.6 Å². The first-order valence-corrected chi connectivity index (χ1v) is 4.90. The molecule has 1 rings (SSSR count). The number of nitrogens with two attached hydrogens (primary N) is 1. The third-order valence-corrected chi connectivity index (χ3v) is 2.33. The molecule has 0 saturated carbocycles. The molecule has 0 spiro atoms. The fourth-order valence-electron chi connectivity index (χ4n) is 1.01. The summed E-state index contributed by atoms with van der Waals surface area (Å²) in [6.45, 7) is 0. The molecule has 0 bridgehead atoms. The Kier molecular flexibility index (Phi) is 3.68. The molecule has 1 aromatic carbocycles. The number of rotatable bonds is 3. The number of carbonyl (C=O) groups is 1. The first-order chi connectivity index (χ1) is 6.09. The molecule has 0 amide bonds. The molecule has 0 aliphatic heterocycles. The van der Waals surface area contributed by atoms with Crippen LogP contribution >= 0.6 is 22.6 Å². The number of carboxylic acids is 1. The van der Waals surface area contributed by atoms with Crippen LogP contribution in [0.1, 0.15) is 5.56 Å². The Morgan fingerprint density at radius 2 is 2.31 bits per heavy atom. The minimum Gasteiger partial charge on any atom is -0.480 e. The Bertz CT molecular complexity index is 314. The van der Waals surface area contributed by atoms with Crippen LogP contribution in [-0.2, 0) is 11.2 Å². The van der Waals surface area contributed by atoms with Gasteiger partial charge >= 0.3 is 5.97 Å². The molecule has 0 radical (unpaired) electrons. The van der Waals surface area contributed by atoms with Gasteiger partial charge in [-0.25, -0.2) is 0 Å². The maximum Gasteiger partial charge on any atom is 0.320 e. The Hall–Kier alpha value is -0.620. The fraction of sp³-hybridized carbons (Fsp3) is 0.222. The lowest BCUT2D eigenvalue weighted by molar-refractivity contribution is -0.138. The molecule has 0 heterocycles.